The smallest absolute Gasteiger partial charge is 0.226 e. The molecular weight excluding hydrogens is 354 g/mol. The van der Waals surface area contributed by atoms with E-state index in [9.17, 15) is 0 Å². The maximum Gasteiger partial charge on any atom is 0.226 e. The molecule has 0 amide bonds. The van der Waals surface area contributed by atoms with Crippen molar-refractivity contribution in [2.75, 3.05) is 13.1 Å². The molecule has 1 aliphatic rings. The van der Waals surface area contributed by atoms with Gasteiger partial charge in [0.1, 0.15) is 16.7 Å². The fourth-order valence-corrected chi connectivity index (χ4v) is 4.50. The highest BCUT2D eigenvalue weighted by atomic mass is 32.1. The Morgan fingerprint density at radius 1 is 1.22 bits per heavy atom. The number of thiophene rings is 1. The number of oxazole rings is 1. The molecule has 2 aromatic heterocycles. The molecule has 0 aliphatic carbocycles. The third-order valence-electron chi connectivity index (χ3n) is 5.35. The first kappa shape index (κ1) is 18.0. The molecule has 0 radical (unpaired) electrons. The van der Waals surface area contributed by atoms with E-state index in [1.54, 1.807) is 0 Å². The third kappa shape index (κ3) is 3.83. The Hall–Kier alpha value is -2.42. The van der Waals surface area contributed by atoms with E-state index in [0.717, 1.165) is 45.3 Å². The van der Waals surface area contributed by atoms with Gasteiger partial charge in [-0.1, -0.05) is 12.1 Å². The van der Waals surface area contributed by atoms with Gasteiger partial charge in [0.2, 0.25) is 5.89 Å². The highest BCUT2D eigenvalue weighted by Gasteiger charge is 2.21. The number of likely N-dealkylation sites (tertiary alicyclic amines) is 1. The normalized spacial score (nSPS) is 17.3. The van der Waals surface area contributed by atoms with Crippen molar-refractivity contribution in [3.8, 4) is 28.0 Å². The minimum atomic E-state index is 0.683. The van der Waals surface area contributed by atoms with Crippen LogP contribution in [-0.2, 0) is 6.42 Å². The first-order valence-corrected chi connectivity index (χ1v) is 10.3. The van der Waals surface area contributed by atoms with Crippen molar-refractivity contribution < 1.29 is 4.42 Å². The number of nitrogens with zero attached hydrogens (tertiary/aromatic N) is 3. The monoisotopic (exact) mass is 377 g/mol. The Morgan fingerprint density at radius 2 is 2.00 bits per heavy atom. The zero-order chi connectivity index (χ0) is 18.8. The summed E-state index contributed by atoms with van der Waals surface area (Å²) in [5.41, 5.74) is 3.15. The molecular formula is C22H23N3OS. The van der Waals surface area contributed by atoms with Crippen LogP contribution in [0.3, 0.4) is 0 Å². The molecule has 5 heteroatoms. The summed E-state index contributed by atoms with van der Waals surface area (Å²) in [6, 6.07) is 14.9. The van der Waals surface area contributed by atoms with Crippen molar-refractivity contribution in [3.63, 3.8) is 0 Å². The molecule has 0 N–H and O–H groups in total. The summed E-state index contributed by atoms with van der Waals surface area (Å²) in [6.07, 6.45) is 3.54. The van der Waals surface area contributed by atoms with E-state index in [1.165, 1.54) is 30.7 Å². The second-order valence-corrected chi connectivity index (χ2v) is 8.24. The van der Waals surface area contributed by atoms with Crippen LogP contribution in [0.2, 0.25) is 0 Å². The lowest BCUT2D eigenvalue weighted by molar-refractivity contribution is 0.271. The van der Waals surface area contributed by atoms with Gasteiger partial charge in [0, 0.05) is 29.4 Å². The SMILES string of the molecule is Cc1oc(-c2ccc(-c3ccc(C#N)s3)cc2)nc1CCN1CCC[C@H]1C. The molecule has 1 aliphatic heterocycles. The number of hydrogen-bond donors (Lipinski definition) is 0. The fraction of sp³-hybridized carbons (Fsp3) is 0.364. The Bertz CT molecular complexity index is 964. The molecule has 1 atom stereocenters. The number of hydrogen-bond acceptors (Lipinski definition) is 5. The van der Waals surface area contributed by atoms with E-state index < -0.39 is 0 Å². The molecule has 4 rings (SSSR count). The molecule has 1 saturated heterocycles. The van der Waals surface area contributed by atoms with Gasteiger partial charge in [0.25, 0.3) is 0 Å². The van der Waals surface area contributed by atoms with Crippen molar-refractivity contribution in [2.24, 2.45) is 0 Å². The minimum Gasteiger partial charge on any atom is -0.441 e. The number of aromatic nitrogens is 1. The van der Waals surface area contributed by atoms with Gasteiger partial charge in [-0.2, -0.15) is 5.26 Å². The summed E-state index contributed by atoms with van der Waals surface area (Å²) < 4.78 is 5.94. The lowest BCUT2D eigenvalue weighted by atomic mass is 10.1. The molecule has 0 bridgehead atoms. The Morgan fingerprint density at radius 3 is 2.67 bits per heavy atom. The largest absolute Gasteiger partial charge is 0.441 e. The van der Waals surface area contributed by atoms with Crippen LogP contribution in [0.1, 0.15) is 36.1 Å². The predicted octanol–water partition coefficient (Wildman–Crippen LogP) is 5.28. The molecule has 0 unspecified atom stereocenters. The van der Waals surface area contributed by atoms with E-state index in [1.807, 2.05) is 31.2 Å². The average molecular weight is 378 g/mol. The maximum atomic E-state index is 8.98. The van der Waals surface area contributed by atoms with Crippen molar-refractivity contribution >= 4 is 11.3 Å². The molecule has 0 saturated carbocycles. The first-order chi connectivity index (χ1) is 13.1. The number of aryl methyl sites for hydroxylation is 1. The Kier molecular flexibility index (Phi) is 5.11. The summed E-state index contributed by atoms with van der Waals surface area (Å²) in [5.74, 6) is 1.60. The van der Waals surface area contributed by atoms with Crippen molar-refractivity contribution in [2.45, 2.75) is 39.2 Å². The predicted molar refractivity (Wildman–Crippen MR) is 109 cm³/mol. The standard InChI is InChI=1S/C22H23N3OS/c1-15-4-3-12-25(15)13-11-20-16(2)26-22(24-20)18-7-5-17(6-8-18)21-10-9-19(14-23)27-21/h5-10,15H,3-4,11-13H2,1-2H3/t15-/m1/s1. The lowest BCUT2D eigenvalue weighted by Crippen LogP contribution is -2.29. The van der Waals surface area contributed by atoms with E-state index in [4.69, 9.17) is 14.7 Å². The van der Waals surface area contributed by atoms with E-state index in [-0.39, 0.29) is 0 Å². The zero-order valence-electron chi connectivity index (χ0n) is 15.7. The summed E-state index contributed by atoms with van der Waals surface area (Å²) in [6.45, 7) is 6.56. The number of benzene rings is 1. The highest BCUT2D eigenvalue weighted by Crippen LogP contribution is 2.30. The van der Waals surface area contributed by atoms with Crippen LogP contribution in [0.25, 0.3) is 21.9 Å². The van der Waals surface area contributed by atoms with E-state index in [2.05, 4.69) is 30.0 Å². The van der Waals surface area contributed by atoms with Crippen molar-refractivity contribution in [1.29, 1.82) is 5.26 Å². The summed E-state index contributed by atoms with van der Waals surface area (Å²) in [4.78, 5) is 9.12. The molecule has 27 heavy (non-hydrogen) atoms. The van der Waals surface area contributed by atoms with Gasteiger partial charge in [-0.25, -0.2) is 4.98 Å². The number of rotatable bonds is 5. The van der Waals surface area contributed by atoms with Gasteiger partial charge in [-0.05, 0) is 63.1 Å². The Labute approximate surface area is 164 Å². The lowest BCUT2D eigenvalue weighted by Gasteiger charge is -2.20. The molecule has 0 spiro atoms. The van der Waals surface area contributed by atoms with Gasteiger partial charge in [0.05, 0.1) is 5.69 Å². The van der Waals surface area contributed by atoms with Crippen molar-refractivity contribution in [3.05, 3.63) is 52.7 Å². The van der Waals surface area contributed by atoms with Crippen LogP contribution < -0.4 is 0 Å². The molecule has 1 aromatic carbocycles. The molecule has 3 aromatic rings. The summed E-state index contributed by atoms with van der Waals surface area (Å²) >= 11 is 1.51. The van der Waals surface area contributed by atoms with Crippen LogP contribution in [0.5, 0.6) is 0 Å². The molecule has 4 nitrogen and oxygen atoms in total. The maximum absolute atomic E-state index is 8.98. The van der Waals surface area contributed by atoms with Gasteiger partial charge in [0.15, 0.2) is 0 Å². The number of nitriles is 1. The molecule has 138 valence electrons. The van der Waals surface area contributed by atoms with Gasteiger partial charge in [-0.3, -0.25) is 0 Å². The van der Waals surface area contributed by atoms with Crippen LogP contribution in [-0.4, -0.2) is 29.0 Å². The van der Waals surface area contributed by atoms with Crippen molar-refractivity contribution in [1.82, 2.24) is 9.88 Å². The highest BCUT2D eigenvalue weighted by molar-refractivity contribution is 7.16. The fourth-order valence-electron chi connectivity index (χ4n) is 3.69. The zero-order valence-corrected chi connectivity index (χ0v) is 16.6. The van der Waals surface area contributed by atoms with Gasteiger partial charge >= 0.3 is 0 Å². The van der Waals surface area contributed by atoms with Crippen LogP contribution in [0.4, 0.5) is 0 Å². The summed E-state index contributed by atoms with van der Waals surface area (Å²) in [5, 5.41) is 8.98. The third-order valence-corrected chi connectivity index (χ3v) is 6.39. The second-order valence-electron chi connectivity index (χ2n) is 7.15. The van der Waals surface area contributed by atoms with Crippen LogP contribution in [0.15, 0.2) is 40.8 Å². The topological polar surface area (TPSA) is 53.1 Å². The van der Waals surface area contributed by atoms with E-state index in [0.29, 0.717) is 11.9 Å². The summed E-state index contributed by atoms with van der Waals surface area (Å²) in [7, 11) is 0. The average Bonchev–Trinajstić information content (AvgIpc) is 3.40. The minimum absolute atomic E-state index is 0.683. The molecule has 1 fully saturated rings. The second kappa shape index (κ2) is 7.67. The quantitative estimate of drug-likeness (QED) is 0.607. The van der Waals surface area contributed by atoms with Gasteiger partial charge in [-0.15, -0.1) is 11.3 Å². The van der Waals surface area contributed by atoms with E-state index >= 15 is 0 Å². The Balaban J connectivity index is 1.47. The van der Waals surface area contributed by atoms with Crippen LogP contribution >= 0.6 is 11.3 Å². The van der Waals surface area contributed by atoms with Gasteiger partial charge < -0.3 is 9.32 Å². The molecule has 3 heterocycles. The van der Waals surface area contributed by atoms with Crippen LogP contribution in [0, 0.1) is 18.3 Å². The first-order valence-electron chi connectivity index (χ1n) is 9.45.